The average molecular weight is 467 g/mol. The molecule has 10 heteroatoms. The second-order valence-corrected chi connectivity index (χ2v) is 7.30. The number of amides is 1. The van der Waals surface area contributed by atoms with Gasteiger partial charge in [-0.05, 0) is 55.0 Å². The highest BCUT2D eigenvalue weighted by Gasteiger charge is 2.33. The van der Waals surface area contributed by atoms with E-state index in [2.05, 4.69) is 5.10 Å². The molecule has 0 bridgehead atoms. The summed E-state index contributed by atoms with van der Waals surface area (Å²) in [5.41, 5.74) is 0.270. The van der Waals surface area contributed by atoms with E-state index >= 15 is 0 Å². The number of carbonyl (C=O) groups excluding carboxylic acids is 1. The van der Waals surface area contributed by atoms with Crippen LogP contribution in [0, 0.1) is 10.1 Å². The highest BCUT2D eigenvalue weighted by atomic mass is 19.4. The Bertz CT molecular complexity index is 1320. The van der Waals surface area contributed by atoms with Gasteiger partial charge >= 0.3 is 11.9 Å². The van der Waals surface area contributed by atoms with Gasteiger partial charge in [-0.3, -0.25) is 14.9 Å². The SMILES string of the molecule is CC1=NN(c2ccccc2)C(=O)/C1=C/c1ccc(Oc2ccc(C(F)(F)F)cc2[N+](=O)[O-])cc1. The molecule has 34 heavy (non-hydrogen) atoms. The number of halogens is 3. The van der Waals surface area contributed by atoms with E-state index in [1.165, 1.54) is 17.1 Å². The number of rotatable bonds is 5. The van der Waals surface area contributed by atoms with Crippen molar-refractivity contribution in [1.82, 2.24) is 0 Å². The molecule has 0 unspecified atom stereocenters. The number of para-hydroxylation sites is 1. The smallest absolute Gasteiger partial charge is 0.416 e. The summed E-state index contributed by atoms with van der Waals surface area (Å²) in [7, 11) is 0. The number of nitro groups is 1. The molecule has 1 heterocycles. The fourth-order valence-electron chi connectivity index (χ4n) is 3.28. The molecule has 4 rings (SSSR count). The topological polar surface area (TPSA) is 85.0 Å². The van der Waals surface area contributed by atoms with Crippen LogP contribution in [0.2, 0.25) is 0 Å². The molecule has 0 N–H and O–H groups in total. The van der Waals surface area contributed by atoms with E-state index in [-0.39, 0.29) is 17.4 Å². The van der Waals surface area contributed by atoms with Crippen molar-refractivity contribution in [3.8, 4) is 11.5 Å². The molecule has 0 aromatic heterocycles. The zero-order chi connectivity index (χ0) is 24.5. The van der Waals surface area contributed by atoms with E-state index in [1.807, 2.05) is 6.07 Å². The van der Waals surface area contributed by atoms with Gasteiger partial charge in [0.25, 0.3) is 5.91 Å². The summed E-state index contributed by atoms with van der Waals surface area (Å²) in [6.45, 7) is 1.72. The molecule has 0 spiro atoms. The number of nitro benzene ring substituents is 1. The molecule has 1 aliphatic rings. The van der Waals surface area contributed by atoms with Crippen LogP contribution in [0.15, 0.2) is 83.5 Å². The van der Waals surface area contributed by atoms with Crippen molar-refractivity contribution in [2.24, 2.45) is 5.10 Å². The third-order valence-electron chi connectivity index (χ3n) is 4.97. The van der Waals surface area contributed by atoms with Crippen molar-refractivity contribution >= 4 is 29.1 Å². The summed E-state index contributed by atoms with van der Waals surface area (Å²) >= 11 is 0. The quantitative estimate of drug-likeness (QED) is 0.254. The summed E-state index contributed by atoms with van der Waals surface area (Å²) in [5.74, 6) is -0.431. The third kappa shape index (κ3) is 4.65. The van der Waals surface area contributed by atoms with Gasteiger partial charge in [-0.15, -0.1) is 0 Å². The fraction of sp³-hybridized carbons (Fsp3) is 0.0833. The van der Waals surface area contributed by atoms with Gasteiger partial charge in [0.1, 0.15) is 5.75 Å². The first-order chi connectivity index (χ1) is 16.1. The van der Waals surface area contributed by atoms with Gasteiger partial charge in [-0.1, -0.05) is 30.3 Å². The lowest BCUT2D eigenvalue weighted by Crippen LogP contribution is -2.21. The van der Waals surface area contributed by atoms with E-state index in [0.29, 0.717) is 34.7 Å². The maximum Gasteiger partial charge on any atom is 0.416 e. The highest BCUT2D eigenvalue weighted by Crippen LogP contribution is 2.38. The first-order valence-corrected chi connectivity index (χ1v) is 9.94. The second-order valence-electron chi connectivity index (χ2n) is 7.30. The molecule has 7 nitrogen and oxygen atoms in total. The predicted octanol–water partition coefficient (Wildman–Crippen LogP) is 6.21. The standard InChI is InChI=1S/C24H16F3N3O4/c1-15-20(23(31)29(28-15)18-5-3-2-4-6-18)13-16-7-10-19(11-8-16)34-22-12-9-17(24(25,26)27)14-21(22)30(32)33/h2-14H,1H3/b20-13+. The Morgan fingerprint density at radius 1 is 1.03 bits per heavy atom. The Morgan fingerprint density at radius 3 is 2.32 bits per heavy atom. The number of ether oxygens (including phenoxy) is 1. The minimum atomic E-state index is -4.71. The van der Waals surface area contributed by atoms with Crippen LogP contribution in [0.25, 0.3) is 6.08 Å². The number of anilines is 1. The molecule has 0 saturated heterocycles. The van der Waals surface area contributed by atoms with Crippen LogP contribution in [0.4, 0.5) is 24.5 Å². The van der Waals surface area contributed by atoms with E-state index < -0.39 is 22.4 Å². The minimum absolute atomic E-state index is 0.180. The Hall–Kier alpha value is -4.47. The molecule has 1 amide bonds. The van der Waals surface area contributed by atoms with Gasteiger partial charge in [-0.25, -0.2) is 0 Å². The van der Waals surface area contributed by atoms with Crippen LogP contribution in [0.1, 0.15) is 18.1 Å². The van der Waals surface area contributed by atoms with Gasteiger partial charge in [0.05, 0.1) is 27.5 Å². The van der Waals surface area contributed by atoms with Crippen molar-refractivity contribution in [2.45, 2.75) is 13.1 Å². The molecule has 0 atom stereocenters. The predicted molar refractivity (Wildman–Crippen MR) is 120 cm³/mol. The van der Waals surface area contributed by atoms with Crippen molar-refractivity contribution in [2.75, 3.05) is 5.01 Å². The largest absolute Gasteiger partial charge is 0.450 e. The van der Waals surface area contributed by atoms with Crippen molar-refractivity contribution in [1.29, 1.82) is 0 Å². The van der Waals surface area contributed by atoms with Crippen molar-refractivity contribution < 1.29 is 27.6 Å². The fourth-order valence-corrected chi connectivity index (χ4v) is 3.28. The lowest BCUT2D eigenvalue weighted by molar-refractivity contribution is -0.385. The number of benzene rings is 3. The number of carbonyl (C=O) groups is 1. The zero-order valence-corrected chi connectivity index (χ0v) is 17.6. The summed E-state index contributed by atoms with van der Waals surface area (Å²) < 4.78 is 44.1. The van der Waals surface area contributed by atoms with Gasteiger partial charge in [0.2, 0.25) is 5.75 Å². The van der Waals surface area contributed by atoms with Gasteiger partial charge < -0.3 is 4.74 Å². The molecule has 0 saturated carbocycles. The summed E-state index contributed by atoms with van der Waals surface area (Å²) in [6, 6.07) is 17.2. The summed E-state index contributed by atoms with van der Waals surface area (Å²) in [4.78, 5) is 23.1. The maximum absolute atomic E-state index is 12.9. The third-order valence-corrected chi connectivity index (χ3v) is 4.97. The molecule has 3 aromatic carbocycles. The summed E-state index contributed by atoms with van der Waals surface area (Å²) in [6.07, 6.45) is -3.07. The second kappa shape index (κ2) is 8.81. The lowest BCUT2D eigenvalue weighted by Gasteiger charge is -2.11. The van der Waals surface area contributed by atoms with Crippen LogP contribution >= 0.6 is 0 Å². The number of alkyl halides is 3. The van der Waals surface area contributed by atoms with Crippen LogP contribution in [-0.2, 0) is 11.0 Å². The highest BCUT2D eigenvalue weighted by molar-refractivity contribution is 6.32. The average Bonchev–Trinajstić information content (AvgIpc) is 3.08. The number of hydrogen-bond donors (Lipinski definition) is 0. The number of nitrogens with zero attached hydrogens (tertiary/aromatic N) is 3. The normalized spacial score (nSPS) is 14.9. The minimum Gasteiger partial charge on any atom is -0.450 e. The van der Waals surface area contributed by atoms with Crippen LogP contribution in [0.3, 0.4) is 0 Å². The zero-order valence-electron chi connectivity index (χ0n) is 17.6. The van der Waals surface area contributed by atoms with Gasteiger partial charge in [-0.2, -0.15) is 23.3 Å². The maximum atomic E-state index is 12.9. The first-order valence-electron chi connectivity index (χ1n) is 9.94. The van der Waals surface area contributed by atoms with Crippen LogP contribution in [0.5, 0.6) is 11.5 Å². The Kier molecular flexibility index (Phi) is 5.89. The van der Waals surface area contributed by atoms with E-state index in [9.17, 15) is 28.1 Å². The Morgan fingerprint density at radius 2 is 1.71 bits per heavy atom. The van der Waals surface area contributed by atoms with E-state index in [4.69, 9.17) is 4.74 Å². The molecular weight excluding hydrogens is 451 g/mol. The lowest BCUT2D eigenvalue weighted by atomic mass is 10.1. The Balaban J connectivity index is 1.54. The molecule has 172 valence electrons. The molecule has 1 aliphatic heterocycles. The van der Waals surface area contributed by atoms with Gasteiger partial charge in [0.15, 0.2) is 0 Å². The van der Waals surface area contributed by atoms with E-state index in [0.717, 1.165) is 6.07 Å². The summed E-state index contributed by atoms with van der Waals surface area (Å²) in [5, 5.41) is 16.8. The van der Waals surface area contributed by atoms with Crippen LogP contribution in [-0.4, -0.2) is 16.5 Å². The molecule has 0 fully saturated rings. The van der Waals surface area contributed by atoms with Crippen LogP contribution < -0.4 is 9.75 Å². The van der Waals surface area contributed by atoms with Crippen molar-refractivity contribution in [3.63, 3.8) is 0 Å². The van der Waals surface area contributed by atoms with Crippen molar-refractivity contribution in [3.05, 3.63) is 99.6 Å². The number of hydrazone groups is 1. The molecular formula is C24H16F3N3O4. The van der Waals surface area contributed by atoms with E-state index in [1.54, 1.807) is 49.4 Å². The number of hydrogen-bond acceptors (Lipinski definition) is 5. The molecule has 3 aromatic rings. The Labute approximate surface area is 191 Å². The first kappa shape index (κ1) is 22.7. The molecule has 0 aliphatic carbocycles. The molecule has 0 radical (unpaired) electrons. The van der Waals surface area contributed by atoms with Gasteiger partial charge in [0, 0.05) is 6.07 Å². The monoisotopic (exact) mass is 467 g/mol.